The van der Waals surface area contributed by atoms with Gasteiger partial charge in [0.2, 0.25) is 0 Å². The summed E-state index contributed by atoms with van der Waals surface area (Å²) in [5.74, 6) is 1.15. The summed E-state index contributed by atoms with van der Waals surface area (Å²) >= 11 is 0. The van der Waals surface area contributed by atoms with E-state index in [-0.39, 0.29) is 0 Å². The van der Waals surface area contributed by atoms with E-state index in [0.29, 0.717) is 0 Å². The number of nitrogens with one attached hydrogen (secondary N) is 1. The minimum atomic E-state index is 0.856. The summed E-state index contributed by atoms with van der Waals surface area (Å²) in [7, 11) is 2.04. The van der Waals surface area contributed by atoms with Crippen LogP contribution in [0.3, 0.4) is 0 Å². The summed E-state index contributed by atoms with van der Waals surface area (Å²) in [6.45, 7) is 1.28. The third kappa shape index (κ3) is 0.367. The van der Waals surface area contributed by atoms with Crippen molar-refractivity contribution in [2.24, 2.45) is 11.3 Å². The second kappa shape index (κ2) is 0.873. The lowest BCUT2D eigenvalue weighted by atomic mass is 10.2. The van der Waals surface area contributed by atoms with E-state index in [2.05, 4.69) is 5.32 Å². The molecule has 0 spiro atoms. The third-order valence-corrected chi connectivity index (χ3v) is 2.38. The molecule has 0 atom stereocenters. The van der Waals surface area contributed by atoms with E-state index in [0.717, 1.165) is 11.3 Å². The molecule has 1 N–H and O–H groups in total. The first kappa shape index (κ1) is 3.90. The number of hydrogen-bond donors (Lipinski definition) is 1. The second-order valence-corrected chi connectivity index (χ2v) is 3.00. The fraction of sp³-hybridized carbons (Fsp3) is 1.00. The topological polar surface area (TPSA) is 12.0 Å². The van der Waals surface area contributed by atoms with Crippen LogP contribution in [-0.4, -0.2) is 13.6 Å². The summed E-state index contributed by atoms with van der Waals surface area (Å²) in [6, 6.07) is 0. The molecular formula is C6H11N. The maximum absolute atomic E-state index is 3.21. The van der Waals surface area contributed by atoms with Gasteiger partial charge in [0, 0.05) is 6.54 Å². The lowest BCUT2D eigenvalue weighted by Crippen LogP contribution is -2.13. The average Bonchev–Trinajstić information content (AvgIpc) is 2.22. The molecule has 0 radical (unpaired) electrons. The molecule has 2 aliphatic rings. The molecule has 0 heterocycles. The fourth-order valence-electron chi connectivity index (χ4n) is 1.44. The van der Waals surface area contributed by atoms with Gasteiger partial charge in [-0.15, -0.1) is 0 Å². The molecule has 0 saturated heterocycles. The van der Waals surface area contributed by atoms with Crippen molar-refractivity contribution in [3.8, 4) is 0 Å². The highest BCUT2D eigenvalue weighted by molar-refractivity contribution is 5.19. The molecule has 2 fully saturated rings. The van der Waals surface area contributed by atoms with Gasteiger partial charge in [0.1, 0.15) is 0 Å². The molecule has 2 rings (SSSR count). The molecule has 0 bridgehead atoms. The van der Waals surface area contributed by atoms with Gasteiger partial charge >= 0.3 is 0 Å². The van der Waals surface area contributed by atoms with Crippen molar-refractivity contribution in [1.29, 1.82) is 0 Å². The van der Waals surface area contributed by atoms with Crippen LogP contribution in [0.2, 0.25) is 0 Å². The van der Waals surface area contributed by atoms with E-state index in [1.807, 2.05) is 7.05 Å². The molecule has 2 saturated carbocycles. The highest BCUT2D eigenvalue weighted by Gasteiger charge is 2.68. The van der Waals surface area contributed by atoms with E-state index in [4.69, 9.17) is 0 Å². The molecule has 40 valence electrons. The first-order valence-corrected chi connectivity index (χ1v) is 3.02. The van der Waals surface area contributed by atoms with E-state index >= 15 is 0 Å². The van der Waals surface area contributed by atoms with Gasteiger partial charge in [0.15, 0.2) is 0 Å². The van der Waals surface area contributed by atoms with Crippen LogP contribution < -0.4 is 5.32 Å². The van der Waals surface area contributed by atoms with E-state index in [1.54, 1.807) is 0 Å². The van der Waals surface area contributed by atoms with Crippen LogP contribution in [0.4, 0.5) is 0 Å². The Hall–Kier alpha value is -0.0400. The Labute approximate surface area is 44.1 Å². The number of rotatable bonds is 2. The highest BCUT2D eigenvalue weighted by atomic mass is 14.9. The number of fused-ring (bicyclic) bond motifs is 1. The van der Waals surface area contributed by atoms with Crippen LogP contribution in [0.1, 0.15) is 12.8 Å². The first-order chi connectivity index (χ1) is 3.37. The molecule has 1 nitrogen and oxygen atoms in total. The number of hydrogen-bond acceptors (Lipinski definition) is 1. The van der Waals surface area contributed by atoms with Crippen molar-refractivity contribution < 1.29 is 0 Å². The van der Waals surface area contributed by atoms with Crippen LogP contribution in [0.25, 0.3) is 0 Å². The third-order valence-electron chi connectivity index (χ3n) is 2.38. The molecule has 1 heteroatoms. The first-order valence-electron chi connectivity index (χ1n) is 3.02. The Morgan fingerprint density at radius 1 is 1.71 bits per heavy atom. The van der Waals surface area contributed by atoms with Crippen molar-refractivity contribution in [2.75, 3.05) is 13.6 Å². The summed E-state index contributed by atoms with van der Waals surface area (Å²) < 4.78 is 0. The largest absolute Gasteiger partial charge is 0.319 e. The minimum Gasteiger partial charge on any atom is -0.319 e. The maximum Gasteiger partial charge on any atom is 0.000768 e. The zero-order valence-corrected chi connectivity index (χ0v) is 4.70. The van der Waals surface area contributed by atoms with Crippen molar-refractivity contribution >= 4 is 0 Å². The molecule has 0 unspecified atom stereocenters. The van der Waals surface area contributed by atoms with Crippen LogP contribution >= 0.6 is 0 Å². The zero-order valence-electron chi connectivity index (χ0n) is 4.70. The van der Waals surface area contributed by atoms with E-state index in [9.17, 15) is 0 Å². The van der Waals surface area contributed by atoms with Gasteiger partial charge in [-0.3, -0.25) is 0 Å². The van der Waals surface area contributed by atoms with Gasteiger partial charge in [-0.25, -0.2) is 0 Å². The van der Waals surface area contributed by atoms with Crippen molar-refractivity contribution in [1.82, 2.24) is 5.32 Å². The standard InChI is InChI=1S/C6H11N/c1-7-4-6-2-5(6)3-6/h5,7H,2-4H2,1H3. The van der Waals surface area contributed by atoms with Crippen molar-refractivity contribution in [2.45, 2.75) is 12.8 Å². The Kier molecular flexibility index (Phi) is 0.487. The molecule has 0 amide bonds. The summed E-state index contributed by atoms with van der Waals surface area (Å²) in [6.07, 6.45) is 3.04. The average molecular weight is 97.2 g/mol. The SMILES string of the molecule is CNCC12CC1C2. The lowest BCUT2D eigenvalue weighted by Gasteiger charge is -1.97. The van der Waals surface area contributed by atoms with Crippen LogP contribution in [0.15, 0.2) is 0 Å². The molecule has 0 aromatic rings. The highest BCUT2D eigenvalue weighted by Crippen LogP contribution is 2.74. The smallest absolute Gasteiger partial charge is 0.000768 e. The quantitative estimate of drug-likeness (QED) is 0.532. The summed E-state index contributed by atoms with van der Waals surface area (Å²) in [4.78, 5) is 0. The van der Waals surface area contributed by atoms with Crippen LogP contribution in [0.5, 0.6) is 0 Å². The Morgan fingerprint density at radius 3 is 2.43 bits per heavy atom. The molecule has 0 aromatic carbocycles. The Balaban J connectivity index is 1.87. The van der Waals surface area contributed by atoms with Gasteiger partial charge in [-0.05, 0) is 31.2 Å². The van der Waals surface area contributed by atoms with E-state index < -0.39 is 0 Å². The predicted octanol–water partition coefficient (Wildman–Crippen LogP) is 0.616. The van der Waals surface area contributed by atoms with Gasteiger partial charge in [-0.1, -0.05) is 0 Å². The molecule has 2 aliphatic carbocycles. The van der Waals surface area contributed by atoms with Gasteiger partial charge in [0.05, 0.1) is 0 Å². The monoisotopic (exact) mass is 97.1 g/mol. The molecule has 0 aromatic heterocycles. The zero-order chi connectivity index (χ0) is 4.91. The molecule has 7 heavy (non-hydrogen) atoms. The van der Waals surface area contributed by atoms with Crippen molar-refractivity contribution in [3.63, 3.8) is 0 Å². The molecule has 0 aliphatic heterocycles. The fourth-order valence-corrected chi connectivity index (χ4v) is 1.44. The second-order valence-electron chi connectivity index (χ2n) is 3.00. The normalized spacial score (nSPS) is 53.6. The van der Waals surface area contributed by atoms with Crippen LogP contribution in [-0.2, 0) is 0 Å². The summed E-state index contributed by atoms with van der Waals surface area (Å²) in [5, 5.41) is 3.21. The van der Waals surface area contributed by atoms with E-state index in [1.165, 1.54) is 19.4 Å². The maximum atomic E-state index is 3.21. The van der Waals surface area contributed by atoms with Gasteiger partial charge in [0.25, 0.3) is 0 Å². The molecular weight excluding hydrogens is 86.1 g/mol. The van der Waals surface area contributed by atoms with Gasteiger partial charge in [-0.2, -0.15) is 0 Å². The van der Waals surface area contributed by atoms with Crippen LogP contribution in [0, 0.1) is 11.3 Å². The predicted molar refractivity (Wildman–Crippen MR) is 29.1 cm³/mol. The van der Waals surface area contributed by atoms with Gasteiger partial charge < -0.3 is 5.32 Å². The Bertz CT molecular complexity index is 92.4. The van der Waals surface area contributed by atoms with Crippen molar-refractivity contribution in [3.05, 3.63) is 0 Å². The minimum absolute atomic E-state index is 0.856. The lowest BCUT2D eigenvalue weighted by molar-refractivity contribution is 0.594. The summed E-state index contributed by atoms with van der Waals surface area (Å²) in [5.41, 5.74) is 0.856. The Morgan fingerprint density at radius 2 is 2.29 bits per heavy atom.